The molecule has 0 aromatic heterocycles. The quantitative estimate of drug-likeness (QED) is 0.894. The molecule has 0 aliphatic rings. The van der Waals surface area contributed by atoms with Gasteiger partial charge in [0.1, 0.15) is 0 Å². The van der Waals surface area contributed by atoms with Gasteiger partial charge in [0, 0.05) is 0 Å². The lowest BCUT2D eigenvalue weighted by Gasteiger charge is -2.13. The first-order chi connectivity index (χ1) is 8.75. The SMILES string of the molecule is CCC[C@H](N)C(=O)Nc1ccc(C(F)(F)F)cc1Cl. The van der Waals surface area contributed by atoms with E-state index in [0.717, 1.165) is 24.6 Å². The predicted octanol–water partition coefficient (Wildman–Crippen LogP) is 3.42. The molecule has 0 aliphatic carbocycles. The number of hydrogen-bond donors (Lipinski definition) is 2. The van der Waals surface area contributed by atoms with Gasteiger partial charge >= 0.3 is 6.18 Å². The molecule has 1 rings (SSSR count). The Morgan fingerprint density at radius 1 is 1.47 bits per heavy atom. The minimum Gasteiger partial charge on any atom is -0.323 e. The molecule has 3 nitrogen and oxygen atoms in total. The fourth-order valence-electron chi connectivity index (χ4n) is 1.46. The van der Waals surface area contributed by atoms with Gasteiger partial charge in [-0.05, 0) is 24.6 Å². The summed E-state index contributed by atoms with van der Waals surface area (Å²) < 4.78 is 37.3. The minimum absolute atomic E-state index is 0.117. The van der Waals surface area contributed by atoms with E-state index in [9.17, 15) is 18.0 Å². The summed E-state index contributed by atoms with van der Waals surface area (Å²) in [4.78, 5) is 11.6. The van der Waals surface area contributed by atoms with Crippen molar-refractivity contribution in [2.45, 2.75) is 32.0 Å². The van der Waals surface area contributed by atoms with Crippen LogP contribution in [0.2, 0.25) is 5.02 Å². The van der Waals surface area contributed by atoms with Gasteiger partial charge in [-0.1, -0.05) is 24.9 Å². The van der Waals surface area contributed by atoms with Crippen LogP contribution in [0.3, 0.4) is 0 Å². The van der Waals surface area contributed by atoms with Crippen LogP contribution in [0.5, 0.6) is 0 Å². The van der Waals surface area contributed by atoms with E-state index in [2.05, 4.69) is 5.32 Å². The van der Waals surface area contributed by atoms with Gasteiger partial charge in [-0.15, -0.1) is 0 Å². The smallest absolute Gasteiger partial charge is 0.323 e. The molecule has 0 aliphatic heterocycles. The van der Waals surface area contributed by atoms with Gasteiger partial charge < -0.3 is 11.1 Å². The van der Waals surface area contributed by atoms with Gasteiger partial charge in [0.2, 0.25) is 5.91 Å². The zero-order chi connectivity index (χ0) is 14.6. The molecule has 0 unspecified atom stereocenters. The van der Waals surface area contributed by atoms with Crippen molar-refractivity contribution < 1.29 is 18.0 Å². The number of anilines is 1. The Labute approximate surface area is 113 Å². The van der Waals surface area contributed by atoms with Crippen molar-refractivity contribution in [2.75, 3.05) is 5.32 Å². The largest absolute Gasteiger partial charge is 0.416 e. The van der Waals surface area contributed by atoms with E-state index in [1.807, 2.05) is 6.92 Å². The van der Waals surface area contributed by atoms with Crippen LogP contribution < -0.4 is 11.1 Å². The molecular weight excluding hydrogens is 281 g/mol. The first kappa shape index (κ1) is 15.8. The maximum Gasteiger partial charge on any atom is 0.416 e. The van der Waals surface area contributed by atoms with Crippen LogP contribution in [0.4, 0.5) is 18.9 Å². The monoisotopic (exact) mass is 294 g/mol. The zero-order valence-corrected chi connectivity index (χ0v) is 11.0. The van der Waals surface area contributed by atoms with Crippen LogP contribution in [0.15, 0.2) is 18.2 Å². The normalized spacial score (nSPS) is 13.2. The van der Waals surface area contributed by atoms with Gasteiger partial charge in [-0.3, -0.25) is 4.79 Å². The highest BCUT2D eigenvalue weighted by Gasteiger charge is 2.31. The Hall–Kier alpha value is -1.27. The van der Waals surface area contributed by atoms with Crippen LogP contribution >= 0.6 is 11.6 Å². The average Bonchev–Trinajstić information content (AvgIpc) is 2.30. The van der Waals surface area contributed by atoms with E-state index in [1.165, 1.54) is 0 Å². The molecule has 7 heteroatoms. The number of carbonyl (C=O) groups excluding carboxylic acids is 1. The maximum atomic E-state index is 12.4. The third-order valence-corrected chi connectivity index (χ3v) is 2.80. The van der Waals surface area contributed by atoms with E-state index in [1.54, 1.807) is 0 Å². The predicted molar refractivity (Wildman–Crippen MR) is 68.0 cm³/mol. The molecule has 0 spiro atoms. The van der Waals surface area contributed by atoms with Crippen LogP contribution in [0.1, 0.15) is 25.3 Å². The molecule has 1 aromatic carbocycles. The van der Waals surface area contributed by atoms with Gasteiger partial charge in [-0.2, -0.15) is 13.2 Å². The number of halogens is 4. The lowest BCUT2D eigenvalue weighted by Crippen LogP contribution is -2.35. The Morgan fingerprint density at radius 3 is 2.58 bits per heavy atom. The Morgan fingerprint density at radius 2 is 2.11 bits per heavy atom. The number of nitrogens with two attached hydrogens (primary N) is 1. The van der Waals surface area contributed by atoms with Gasteiger partial charge in [0.25, 0.3) is 0 Å². The molecule has 19 heavy (non-hydrogen) atoms. The summed E-state index contributed by atoms with van der Waals surface area (Å²) in [6.07, 6.45) is -3.25. The van der Waals surface area contributed by atoms with Crippen LogP contribution in [0, 0.1) is 0 Å². The van der Waals surface area contributed by atoms with E-state index in [-0.39, 0.29) is 10.7 Å². The molecule has 0 saturated carbocycles. The summed E-state index contributed by atoms with van der Waals surface area (Å²) in [6.45, 7) is 1.87. The van der Waals surface area contributed by atoms with Gasteiger partial charge in [0.15, 0.2) is 0 Å². The molecule has 0 radical (unpaired) electrons. The Kier molecular flexibility index (Phi) is 5.20. The van der Waals surface area contributed by atoms with Crippen LogP contribution in [0.25, 0.3) is 0 Å². The maximum absolute atomic E-state index is 12.4. The van der Waals surface area contributed by atoms with Crippen LogP contribution in [-0.2, 0) is 11.0 Å². The van der Waals surface area contributed by atoms with Crippen molar-refractivity contribution >= 4 is 23.2 Å². The molecule has 106 valence electrons. The third kappa shape index (κ3) is 4.40. The molecule has 1 aromatic rings. The molecule has 1 atom stereocenters. The van der Waals surface area contributed by atoms with E-state index >= 15 is 0 Å². The van der Waals surface area contributed by atoms with E-state index in [4.69, 9.17) is 17.3 Å². The van der Waals surface area contributed by atoms with Crippen molar-refractivity contribution in [2.24, 2.45) is 5.73 Å². The number of rotatable bonds is 4. The highest BCUT2D eigenvalue weighted by Crippen LogP contribution is 2.33. The second kappa shape index (κ2) is 6.25. The Balaban J connectivity index is 2.84. The van der Waals surface area contributed by atoms with Gasteiger partial charge in [-0.25, -0.2) is 0 Å². The average molecular weight is 295 g/mol. The second-order valence-corrected chi connectivity index (χ2v) is 4.48. The van der Waals surface area contributed by atoms with E-state index < -0.39 is 23.7 Å². The number of nitrogens with one attached hydrogen (secondary N) is 1. The van der Waals surface area contributed by atoms with Crippen molar-refractivity contribution in [3.63, 3.8) is 0 Å². The van der Waals surface area contributed by atoms with Crippen molar-refractivity contribution in [1.29, 1.82) is 0 Å². The lowest BCUT2D eigenvalue weighted by molar-refractivity contribution is -0.137. The number of benzene rings is 1. The summed E-state index contributed by atoms with van der Waals surface area (Å²) >= 11 is 5.71. The van der Waals surface area contributed by atoms with Crippen LogP contribution in [-0.4, -0.2) is 11.9 Å². The molecule has 3 N–H and O–H groups in total. The second-order valence-electron chi connectivity index (χ2n) is 4.08. The van der Waals surface area contributed by atoms with Gasteiger partial charge in [0.05, 0.1) is 22.3 Å². The summed E-state index contributed by atoms with van der Waals surface area (Å²) in [6, 6.07) is 2.03. The summed E-state index contributed by atoms with van der Waals surface area (Å²) in [5.74, 6) is -0.469. The van der Waals surface area contributed by atoms with Crippen molar-refractivity contribution in [3.05, 3.63) is 28.8 Å². The first-order valence-corrected chi connectivity index (χ1v) is 6.06. The standard InChI is InChI=1S/C12H14ClF3N2O/c1-2-3-9(17)11(19)18-10-5-4-7(6-8(10)13)12(14,15)16/h4-6,9H,2-3,17H2,1H3,(H,18,19)/t9-/m0/s1. The fourth-order valence-corrected chi connectivity index (χ4v) is 1.69. The summed E-state index contributed by atoms with van der Waals surface area (Å²) in [5, 5.41) is 2.24. The zero-order valence-electron chi connectivity index (χ0n) is 10.2. The summed E-state index contributed by atoms with van der Waals surface area (Å²) in [5.41, 5.74) is 4.84. The highest BCUT2D eigenvalue weighted by molar-refractivity contribution is 6.33. The lowest BCUT2D eigenvalue weighted by atomic mass is 10.1. The van der Waals surface area contributed by atoms with E-state index in [0.29, 0.717) is 6.42 Å². The molecule has 0 fully saturated rings. The fraction of sp³-hybridized carbons (Fsp3) is 0.417. The number of amides is 1. The number of hydrogen-bond acceptors (Lipinski definition) is 2. The van der Waals surface area contributed by atoms with Crippen molar-refractivity contribution in [1.82, 2.24) is 0 Å². The molecule has 1 amide bonds. The minimum atomic E-state index is -4.47. The number of carbonyl (C=O) groups is 1. The topological polar surface area (TPSA) is 55.1 Å². The summed E-state index contributed by atoms with van der Waals surface area (Å²) in [7, 11) is 0. The molecule has 0 bridgehead atoms. The number of alkyl halides is 3. The molecule has 0 saturated heterocycles. The highest BCUT2D eigenvalue weighted by atomic mass is 35.5. The molecule has 0 heterocycles. The molecular formula is C12H14ClF3N2O. The van der Waals surface area contributed by atoms with Crippen molar-refractivity contribution in [3.8, 4) is 0 Å². The first-order valence-electron chi connectivity index (χ1n) is 5.69. The Bertz CT molecular complexity index is 463. The third-order valence-electron chi connectivity index (χ3n) is 2.49.